The Balaban J connectivity index is 3.36. The second kappa shape index (κ2) is 4.39. The van der Waals surface area contributed by atoms with Crippen molar-refractivity contribution in [3.05, 3.63) is 38.9 Å². The third-order valence-corrected chi connectivity index (χ3v) is 2.15. The van der Waals surface area contributed by atoms with Crippen LogP contribution in [0.2, 0.25) is 5.02 Å². The van der Waals surface area contributed by atoms with E-state index in [2.05, 4.69) is 0 Å². The van der Waals surface area contributed by atoms with E-state index in [1.54, 1.807) is 0 Å². The van der Waals surface area contributed by atoms with E-state index in [1.165, 1.54) is 18.2 Å². The first kappa shape index (κ1) is 10.9. The third kappa shape index (κ3) is 2.02. The maximum Gasteiger partial charge on any atom is 0.281 e. The van der Waals surface area contributed by atoms with Crippen LogP contribution in [0.1, 0.15) is 10.4 Å². The topological polar surface area (TPSA) is 60.2 Å². The Morgan fingerprint density at radius 1 is 1.50 bits per heavy atom. The van der Waals surface area contributed by atoms with Crippen LogP contribution in [0.15, 0.2) is 18.2 Å². The van der Waals surface area contributed by atoms with Gasteiger partial charge in [-0.3, -0.25) is 14.9 Å². The molecule has 6 heteroatoms. The number of nitro benzene ring substituents is 1. The number of carbonyl (C=O) groups excluding carboxylic acids is 1. The van der Waals surface area contributed by atoms with Gasteiger partial charge in [0, 0.05) is 6.07 Å². The Morgan fingerprint density at radius 2 is 2.14 bits per heavy atom. The van der Waals surface area contributed by atoms with E-state index >= 15 is 0 Å². The van der Waals surface area contributed by atoms with Gasteiger partial charge in [0.15, 0.2) is 5.78 Å². The van der Waals surface area contributed by atoms with E-state index in [0.717, 1.165) is 0 Å². The number of ketones is 1. The standard InChI is InChI=1S/C8H5Cl2NO3/c9-4-7(12)8-5(10)2-1-3-6(8)11(13)14/h1-3H,4H2. The molecule has 0 heterocycles. The average molecular weight is 234 g/mol. The van der Waals surface area contributed by atoms with Gasteiger partial charge in [-0.1, -0.05) is 17.7 Å². The highest BCUT2D eigenvalue weighted by Gasteiger charge is 2.21. The van der Waals surface area contributed by atoms with Crippen molar-refractivity contribution < 1.29 is 9.72 Å². The Labute approximate surface area is 89.6 Å². The Morgan fingerprint density at radius 3 is 2.64 bits per heavy atom. The molecule has 0 saturated heterocycles. The van der Waals surface area contributed by atoms with Gasteiger partial charge in [0.25, 0.3) is 5.69 Å². The van der Waals surface area contributed by atoms with E-state index in [9.17, 15) is 14.9 Å². The molecular formula is C8H5Cl2NO3. The summed E-state index contributed by atoms with van der Waals surface area (Å²) >= 11 is 11.0. The Kier molecular flexibility index (Phi) is 3.43. The lowest BCUT2D eigenvalue weighted by Gasteiger charge is -2.01. The number of Topliss-reactive ketones (excluding diaryl/α,β-unsaturated/α-hetero) is 1. The third-order valence-electron chi connectivity index (χ3n) is 1.59. The lowest BCUT2D eigenvalue weighted by Crippen LogP contribution is -2.05. The Bertz CT molecular complexity index is 392. The summed E-state index contributed by atoms with van der Waals surface area (Å²) in [5.41, 5.74) is -0.447. The molecule has 0 radical (unpaired) electrons. The van der Waals surface area contributed by atoms with Gasteiger partial charge >= 0.3 is 0 Å². The number of alkyl halides is 1. The maximum absolute atomic E-state index is 11.2. The summed E-state index contributed by atoms with van der Waals surface area (Å²) in [5, 5.41) is 10.6. The van der Waals surface area contributed by atoms with Crippen LogP contribution < -0.4 is 0 Å². The molecule has 1 rings (SSSR count). The zero-order valence-electron chi connectivity index (χ0n) is 6.87. The lowest BCUT2D eigenvalue weighted by molar-refractivity contribution is -0.385. The molecule has 4 nitrogen and oxygen atoms in total. The SMILES string of the molecule is O=C(CCl)c1c(Cl)cccc1[N+](=O)[O-]. The van der Waals surface area contributed by atoms with Gasteiger partial charge < -0.3 is 0 Å². The normalized spacial score (nSPS) is 9.86. The summed E-state index contributed by atoms with van der Waals surface area (Å²) < 4.78 is 0. The molecule has 0 unspecified atom stereocenters. The molecule has 0 aromatic heterocycles. The largest absolute Gasteiger partial charge is 0.292 e. The van der Waals surface area contributed by atoms with E-state index in [1.807, 2.05) is 0 Å². The average Bonchev–Trinajstić information content (AvgIpc) is 2.16. The fourth-order valence-electron chi connectivity index (χ4n) is 1.01. The van der Waals surface area contributed by atoms with Crippen molar-refractivity contribution in [1.82, 2.24) is 0 Å². The van der Waals surface area contributed by atoms with Crippen molar-refractivity contribution in [1.29, 1.82) is 0 Å². The van der Waals surface area contributed by atoms with E-state index in [4.69, 9.17) is 23.2 Å². The molecular weight excluding hydrogens is 229 g/mol. The molecule has 0 fully saturated rings. The highest BCUT2D eigenvalue weighted by atomic mass is 35.5. The highest BCUT2D eigenvalue weighted by Crippen LogP contribution is 2.26. The number of nitro groups is 1. The van der Waals surface area contributed by atoms with Crippen molar-refractivity contribution in [2.45, 2.75) is 0 Å². The van der Waals surface area contributed by atoms with Crippen molar-refractivity contribution in [3.63, 3.8) is 0 Å². The van der Waals surface area contributed by atoms with E-state index in [0.29, 0.717) is 0 Å². The summed E-state index contributed by atoms with van der Waals surface area (Å²) in [6, 6.07) is 4.03. The summed E-state index contributed by atoms with van der Waals surface area (Å²) in [6.07, 6.45) is 0. The van der Waals surface area contributed by atoms with Crippen LogP contribution in [0.25, 0.3) is 0 Å². The number of carbonyl (C=O) groups is 1. The molecule has 0 amide bonds. The maximum atomic E-state index is 11.2. The minimum atomic E-state index is -0.661. The van der Waals surface area contributed by atoms with Crippen LogP contribution in [0.5, 0.6) is 0 Å². The molecule has 0 saturated carbocycles. The second-order valence-corrected chi connectivity index (χ2v) is 3.12. The quantitative estimate of drug-likeness (QED) is 0.349. The first-order valence-corrected chi connectivity index (χ1v) is 4.51. The van der Waals surface area contributed by atoms with Crippen LogP contribution in [0.4, 0.5) is 5.69 Å². The molecule has 0 aliphatic carbocycles. The monoisotopic (exact) mass is 233 g/mol. The van der Waals surface area contributed by atoms with E-state index < -0.39 is 10.7 Å². The van der Waals surface area contributed by atoms with Crippen LogP contribution in [-0.2, 0) is 0 Å². The minimum absolute atomic E-state index is 0.0462. The predicted molar refractivity (Wildman–Crippen MR) is 53.2 cm³/mol. The predicted octanol–water partition coefficient (Wildman–Crippen LogP) is 2.67. The molecule has 0 spiro atoms. The molecule has 0 N–H and O–H groups in total. The van der Waals surface area contributed by atoms with Crippen LogP contribution in [0, 0.1) is 10.1 Å². The van der Waals surface area contributed by atoms with Crippen molar-refractivity contribution in [3.8, 4) is 0 Å². The zero-order chi connectivity index (χ0) is 10.7. The van der Waals surface area contributed by atoms with Crippen LogP contribution in [0.3, 0.4) is 0 Å². The molecule has 14 heavy (non-hydrogen) atoms. The van der Waals surface area contributed by atoms with Crippen molar-refractivity contribution in [2.75, 3.05) is 5.88 Å². The fourth-order valence-corrected chi connectivity index (χ4v) is 1.42. The number of rotatable bonds is 3. The second-order valence-electron chi connectivity index (χ2n) is 2.45. The van der Waals surface area contributed by atoms with Crippen molar-refractivity contribution >= 4 is 34.7 Å². The number of benzene rings is 1. The first-order valence-electron chi connectivity index (χ1n) is 3.60. The zero-order valence-corrected chi connectivity index (χ0v) is 8.38. The van der Waals surface area contributed by atoms with Gasteiger partial charge in [-0.2, -0.15) is 0 Å². The summed E-state index contributed by atoms with van der Waals surface area (Å²) in [5.74, 6) is -0.881. The van der Waals surface area contributed by atoms with Crippen LogP contribution >= 0.6 is 23.2 Å². The smallest absolute Gasteiger partial charge is 0.281 e. The van der Waals surface area contributed by atoms with Gasteiger partial charge in [-0.05, 0) is 6.07 Å². The first-order chi connectivity index (χ1) is 6.57. The van der Waals surface area contributed by atoms with Crippen molar-refractivity contribution in [2.24, 2.45) is 0 Å². The Hall–Kier alpha value is -1.13. The van der Waals surface area contributed by atoms with E-state index in [-0.39, 0.29) is 22.2 Å². The molecule has 0 atom stereocenters. The summed E-state index contributed by atoms with van der Waals surface area (Å²) in [7, 11) is 0. The summed E-state index contributed by atoms with van der Waals surface area (Å²) in [6.45, 7) is 0. The summed E-state index contributed by atoms with van der Waals surface area (Å²) in [4.78, 5) is 21.1. The minimum Gasteiger partial charge on any atom is -0.292 e. The lowest BCUT2D eigenvalue weighted by atomic mass is 10.1. The van der Waals surface area contributed by atoms with Gasteiger partial charge in [0.05, 0.1) is 15.8 Å². The fraction of sp³-hybridized carbons (Fsp3) is 0.125. The number of nitrogens with zero attached hydrogens (tertiary/aromatic N) is 1. The molecule has 0 aliphatic rings. The molecule has 0 aliphatic heterocycles. The van der Waals surface area contributed by atoms with Gasteiger partial charge in [-0.25, -0.2) is 0 Å². The number of hydrogen-bond acceptors (Lipinski definition) is 3. The molecule has 1 aromatic rings. The highest BCUT2D eigenvalue weighted by molar-refractivity contribution is 6.38. The van der Waals surface area contributed by atoms with Gasteiger partial charge in [-0.15, -0.1) is 11.6 Å². The van der Waals surface area contributed by atoms with Gasteiger partial charge in [0.1, 0.15) is 5.56 Å². The number of halogens is 2. The molecule has 74 valence electrons. The van der Waals surface area contributed by atoms with Crippen LogP contribution in [-0.4, -0.2) is 16.6 Å². The number of hydrogen-bond donors (Lipinski definition) is 0. The van der Waals surface area contributed by atoms with Gasteiger partial charge in [0.2, 0.25) is 0 Å². The molecule has 0 bridgehead atoms. The molecule has 1 aromatic carbocycles.